The lowest BCUT2D eigenvalue weighted by Crippen LogP contribution is -2.57. The molecule has 2 aromatic carbocycles. The summed E-state index contributed by atoms with van der Waals surface area (Å²) in [5, 5.41) is 12.2. The van der Waals surface area contributed by atoms with E-state index < -0.39 is 5.60 Å². The van der Waals surface area contributed by atoms with Crippen molar-refractivity contribution in [2.24, 2.45) is 4.99 Å². The number of pyridine rings is 1. The number of ether oxygens (including phenoxy) is 1. The van der Waals surface area contributed by atoms with Crippen LogP contribution in [0.1, 0.15) is 51.3 Å². The Bertz CT molecular complexity index is 1790. The summed E-state index contributed by atoms with van der Waals surface area (Å²) in [4.78, 5) is 32.3. The van der Waals surface area contributed by atoms with Gasteiger partial charge < -0.3 is 24.3 Å². The molecule has 1 atom stereocenters. The van der Waals surface area contributed by atoms with Gasteiger partial charge in [0.1, 0.15) is 5.60 Å². The van der Waals surface area contributed by atoms with Crippen molar-refractivity contribution in [1.29, 1.82) is 5.26 Å². The van der Waals surface area contributed by atoms with Crippen LogP contribution in [0.15, 0.2) is 47.5 Å². The largest absolute Gasteiger partial charge is 0.444 e. The zero-order chi connectivity index (χ0) is 32.2. The molecular formula is C36H43N8O2+. The molecule has 4 aliphatic heterocycles. The molecule has 0 spiro atoms. The monoisotopic (exact) mass is 619 g/mol. The van der Waals surface area contributed by atoms with E-state index in [1.165, 1.54) is 27.7 Å². The van der Waals surface area contributed by atoms with Crippen molar-refractivity contribution in [3.63, 3.8) is 0 Å². The maximum atomic E-state index is 13.1. The highest BCUT2D eigenvalue weighted by Gasteiger charge is 2.42. The third-order valence-electron chi connectivity index (χ3n) is 9.68. The number of nitrogens with zero attached hydrogens (tertiary/aromatic N) is 8. The molecule has 4 aliphatic rings. The topological polar surface area (TPSA) is 91.3 Å². The molecule has 46 heavy (non-hydrogen) atoms. The van der Waals surface area contributed by atoms with Crippen molar-refractivity contribution >= 4 is 51.8 Å². The van der Waals surface area contributed by atoms with Gasteiger partial charge in [-0.25, -0.2) is 9.78 Å². The van der Waals surface area contributed by atoms with Gasteiger partial charge in [0.05, 0.1) is 36.5 Å². The standard InChI is InChI=1S/C36H43N8O2/c1-36(2,3)46-35(45)43-18-14-26(19-25(43)13-16-37)44-23-38-32-33(44)29-15-17-41(31-12-8-10-24-9-6-7-11-28(24)31)22-30(29)39-34(32)42-20-27(21-42)40(4)5/h6-12,23,25,27H,13-15,17-22H2,1-5H3/q+1/t25-/m1/s1. The summed E-state index contributed by atoms with van der Waals surface area (Å²) in [7, 11) is 4.26. The number of likely N-dealkylation sites (tertiary alicyclic amines) is 1. The zero-order valence-corrected chi connectivity index (χ0v) is 27.5. The fourth-order valence-electron chi connectivity index (χ4n) is 7.17. The van der Waals surface area contributed by atoms with Crippen LogP contribution in [0.2, 0.25) is 0 Å². The second-order valence-electron chi connectivity index (χ2n) is 14.1. The SMILES string of the molecule is CN(C)C1CN(c2nc3c(c4c2N=C[N+]4=C2CCN(C(=O)OC(C)(C)C)[C@H](CC#N)C2)CCN(c2cccc4ccccc24)C3)C1. The third kappa shape index (κ3) is 5.47. The number of rotatable bonds is 4. The number of aromatic nitrogens is 1. The van der Waals surface area contributed by atoms with Gasteiger partial charge in [-0.3, -0.25) is 0 Å². The first kappa shape index (κ1) is 30.2. The molecule has 10 heteroatoms. The number of fused-ring (bicyclic) bond motifs is 4. The van der Waals surface area contributed by atoms with E-state index in [0.717, 1.165) is 55.5 Å². The highest BCUT2D eigenvalue weighted by Crippen LogP contribution is 2.47. The van der Waals surface area contributed by atoms with Gasteiger partial charge in [0.15, 0.2) is 11.5 Å². The Morgan fingerprint density at radius 1 is 1.09 bits per heavy atom. The first-order valence-corrected chi connectivity index (χ1v) is 16.4. The summed E-state index contributed by atoms with van der Waals surface area (Å²) >= 11 is 0. The summed E-state index contributed by atoms with van der Waals surface area (Å²) < 4.78 is 7.97. The van der Waals surface area contributed by atoms with Crippen LogP contribution in [-0.4, -0.2) is 95.5 Å². The van der Waals surface area contributed by atoms with E-state index in [4.69, 9.17) is 14.7 Å². The number of nitriles is 1. The number of benzene rings is 2. The molecule has 10 nitrogen and oxygen atoms in total. The highest BCUT2D eigenvalue weighted by molar-refractivity contribution is 5.95. The predicted molar refractivity (Wildman–Crippen MR) is 182 cm³/mol. The Balaban J connectivity index is 1.27. The average molecular weight is 620 g/mol. The van der Waals surface area contributed by atoms with Crippen LogP contribution in [0.4, 0.5) is 27.7 Å². The Labute approximate surface area is 271 Å². The van der Waals surface area contributed by atoms with Gasteiger partial charge >= 0.3 is 6.09 Å². The molecule has 0 bridgehead atoms. The normalized spacial score (nSPS) is 21.3. The Kier molecular flexibility index (Phi) is 7.68. The second kappa shape index (κ2) is 11.7. The molecule has 0 N–H and O–H groups in total. The van der Waals surface area contributed by atoms with Crippen LogP contribution in [-0.2, 0) is 17.7 Å². The number of piperidine rings is 1. The number of likely N-dealkylation sites (N-methyl/N-ethyl adjacent to an activating group) is 1. The van der Waals surface area contributed by atoms with Crippen LogP contribution < -0.4 is 9.80 Å². The molecule has 2 fully saturated rings. The number of anilines is 2. The van der Waals surface area contributed by atoms with Gasteiger partial charge in [-0.05, 0) is 57.7 Å². The van der Waals surface area contributed by atoms with Crippen molar-refractivity contribution in [2.45, 2.75) is 70.7 Å². The number of hydrogen-bond acceptors (Lipinski definition) is 8. The third-order valence-corrected chi connectivity index (χ3v) is 9.68. The molecule has 7 rings (SSSR count). The number of carbonyl (C=O) groups is 1. The van der Waals surface area contributed by atoms with Crippen LogP contribution in [0.25, 0.3) is 10.8 Å². The quantitative estimate of drug-likeness (QED) is 0.350. The number of carbonyl (C=O) groups excluding carboxylic acids is 1. The summed E-state index contributed by atoms with van der Waals surface area (Å²) in [6, 6.07) is 17.7. The van der Waals surface area contributed by atoms with E-state index >= 15 is 0 Å². The minimum Gasteiger partial charge on any atom is -0.444 e. The van der Waals surface area contributed by atoms with Crippen molar-refractivity contribution in [3.05, 3.63) is 53.7 Å². The molecule has 1 aromatic heterocycles. The summed E-state index contributed by atoms with van der Waals surface area (Å²) in [5.74, 6) is 0.950. The van der Waals surface area contributed by atoms with E-state index in [2.05, 4.69) is 81.9 Å². The first-order chi connectivity index (χ1) is 22.1. The Morgan fingerprint density at radius 3 is 2.63 bits per heavy atom. The second-order valence-corrected chi connectivity index (χ2v) is 14.1. The molecule has 1 amide bonds. The smallest absolute Gasteiger partial charge is 0.410 e. The van der Waals surface area contributed by atoms with Crippen molar-refractivity contribution in [1.82, 2.24) is 14.8 Å². The van der Waals surface area contributed by atoms with Crippen LogP contribution in [0, 0.1) is 11.3 Å². The maximum Gasteiger partial charge on any atom is 0.410 e. The molecule has 238 valence electrons. The number of aliphatic imine (C=N–C) groups is 1. The molecule has 3 aromatic rings. The minimum absolute atomic E-state index is 0.250. The minimum atomic E-state index is -0.594. The lowest BCUT2D eigenvalue weighted by atomic mass is 9.96. The van der Waals surface area contributed by atoms with E-state index in [-0.39, 0.29) is 18.6 Å². The molecule has 5 heterocycles. The van der Waals surface area contributed by atoms with Gasteiger partial charge in [0.25, 0.3) is 12.0 Å². The fraction of sp³-hybridized carbons (Fsp3) is 0.472. The van der Waals surface area contributed by atoms with Gasteiger partial charge in [-0.2, -0.15) is 9.84 Å². The van der Waals surface area contributed by atoms with Gasteiger partial charge in [-0.1, -0.05) is 36.4 Å². The van der Waals surface area contributed by atoms with Gasteiger partial charge in [-0.15, -0.1) is 0 Å². The lowest BCUT2D eigenvalue weighted by Gasteiger charge is -2.43. The maximum absolute atomic E-state index is 13.1. The molecule has 0 radical (unpaired) electrons. The lowest BCUT2D eigenvalue weighted by molar-refractivity contribution is -0.295. The van der Waals surface area contributed by atoms with E-state index in [1.54, 1.807) is 4.90 Å². The molecule has 0 unspecified atom stereocenters. The van der Waals surface area contributed by atoms with Crippen molar-refractivity contribution in [3.8, 4) is 6.07 Å². The van der Waals surface area contributed by atoms with E-state index in [1.807, 2.05) is 27.1 Å². The summed E-state index contributed by atoms with van der Waals surface area (Å²) in [6.07, 6.45) is 3.98. The molecule has 0 saturated carbocycles. The van der Waals surface area contributed by atoms with Gasteiger partial charge in [0, 0.05) is 61.7 Å². The van der Waals surface area contributed by atoms with E-state index in [0.29, 0.717) is 25.4 Å². The van der Waals surface area contributed by atoms with Crippen LogP contribution in [0.3, 0.4) is 0 Å². The Morgan fingerprint density at radius 2 is 1.87 bits per heavy atom. The molecular weight excluding hydrogens is 576 g/mol. The fourth-order valence-corrected chi connectivity index (χ4v) is 7.17. The average Bonchev–Trinajstić information content (AvgIpc) is 3.45. The zero-order valence-electron chi connectivity index (χ0n) is 27.5. The van der Waals surface area contributed by atoms with Crippen molar-refractivity contribution in [2.75, 3.05) is 50.1 Å². The number of amides is 1. The van der Waals surface area contributed by atoms with E-state index in [9.17, 15) is 10.1 Å². The Hall–Kier alpha value is -4.49. The molecule has 0 aliphatic carbocycles. The predicted octanol–water partition coefficient (Wildman–Crippen LogP) is 5.62. The first-order valence-electron chi connectivity index (χ1n) is 16.4. The molecule has 2 saturated heterocycles. The summed E-state index contributed by atoms with van der Waals surface area (Å²) in [5.41, 5.74) is 6.22. The van der Waals surface area contributed by atoms with Gasteiger partial charge in [0.2, 0.25) is 0 Å². The van der Waals surface area contributed by atoms with Crippen LogP contribution >= 0.6 is 0 Å². The van der Waals surface area contributed by atoms with Crippen molar-refractivity contribution < 1.29 is 14.1 Å². The highest BCUT2D eigenvalue weighted by atomic mass is 16.6. The van der Waals surface area contributed by atoms with Crippen LogP contribution in [0.5, 0.6) is 0 Å². The summed E-state index contributed by atoms with van der Waals surface area (Å²) in [6.45, 7) is 9.56. The number of hydrogen-bond donors (Lipinski definition) is 0.